The molecule has 2 aliphatic heterocycles. The van der Waals surface area contributed by atoms with Crippen molar-refractivity contribution in [2.45, 2.75) is 31.9 Å². The van der Waals surface area contributed by atoms with E-state index in [-0.39, 0.29) is 23.1 Å². The Bertz CT molecular complexity index is 1210. The highest BCUT2D eigenvalue weighted by Crippen LogP contribution is 2.42. The number of fused-ring (bicyclic) bond motifs is 1. The molecule has 4 heterocycles. The van der Waals surface area contributed by atoms with E-state index in [0.717, 1.165) is 25.9 Å². The second-order valence-corrected chi connectivity index (χ2v) is 9.46. The number of aromatic nitrogens is 3. The zero-order valence-electron chi connectivity index (χ0n) is 17.5. The van der Waals surface area contributed by atoms with Crippen molar-refractivity contribution >= 4 is 34.7 Å². The molecule has 0 saturated carbocycles. The third-order valence-corrected chi connectivity index (χ3v) is 7.82. The molecule has 2 N–H and O–H groups in total. The van der Waals surface area contributed by atoms with Gasteiger partial charge < -0.3 is 15.4 Å². The SMILES string of the molecule is C[C@H]1OCC2(CCN(c3nn4ccc(-c5cccc(Cl)c5Cl)c4c(=O)n3C)CC2)[C@H]1N. The number of ether oxygens (including phenoxy) is 1. The van der Waals surface area contributed by atoms with Gasteiger partial charge in [-0.2, -0.15) is 0 Å². The highest BCUT2D eigenvalue weighted by molar-refractivity contribution is 6.43. The van der Waals surface area contributed by atoms with Gasteiger partial charge in [-0.1, -0.05) is 35.3 Å². The minimum atomic E-state index is -0.129. The topological polar surface area (TPSA) is 77.8 Å². The van der Waals surface area contributed by atoms with Crippen molar-refractivity contribution in [1.82, 2.24) is 14.2 Å². The number of rotatable bonds is 2. The summed E-state index contributed by atoms with van der Waals surface area (Å²) in [6, 6.07) is 7.30. The van der Waals surface area contributed by atoms with Gasteiger partial charge in [0.05, 0.1) is 22.8 Å². The molecule has 0 bridgehead atoms. The first-order chi connectivity index (χ1) is 14.8. The van der Waals surface area contributed by atoms with Gasteiger partial charge in [-0.15, -0.1) is 5.10 Å². The predicted octanol–water partition coefficient (Wildman–Crippen LogP) is 3.34. The first kappa shape index (κ1) is 20.8. The summed E-state index contributed by atoms with van der Waals surface area (Å²) >= 11 is 12.6. The largest absolute Gasteiger partial charge is 0.376 e. The van der Waals surface area contributed by atoms with E-state index in [1.165, 1.54) is 0 Å². The van der Waals surface area contributed by atoms with Gasteiger partial charge in [0.15, 0.2) is 0 Å². The number of hydrogen-bond donors (Lipinski definition) is 1. The van der Waals surface area contributed by atoms with Crippen LogP contribution < -0.4 is 16.2 Å². The molecule has 3 aromatic rings. The molecule has 2 saturated heterocycles. The third kappa shape index (κ3) is 3.18. The van der Waals surface area contributed by atoms with Gasteiger partial charge in [-0.05, 0) is 31.9 Å². The molecule has 2 atom stereocenters. The molecule has 164 valence electrons. The Morgan fingerprint density at radius 2 is 1.94 bits per heavy atom. The fourth-order valence-corrected chi connectivity index (χ4v) is 5.36. The van der Waals surface area contributed by atoms with Crippen LogP contribution in [-0.4, -0.2) is 46.0 Å². The van der Waals surface area contributed by atoms with Gasteiger partial charge in [-0.25, -0.2) is 4.52 Å². The summed E-state index contributed by atoms with van der Waals surface area (Å²) in [6.45, 7) is 4.31. The van der Waals surface area contributed by atoms with Gasteiger partial charge in [0.1, 0.15) is 5.52 Å². The second-order valence-electron chi connectivity index (χ2n) is 8.68. The number of nitrogens with zero attached hydrogens (tertiary/aromatic N) is 4. The Morgan fingerprint density at radius 3 is 2.61 bits per heavy atom. The first-order valence-corrected chi connectivity index (χ1v) is 11.2. The zero-order valence-corrected chi connectivity index (χ0v) is 19.0. The van der Waals surface area contributed by atoms with Crippen molar-refractivity contribution in [2.24, 2.45) is 18.2 Å². The molecule has 2 fully saturated rings. The number of hydrogen-bond acceptors (Lipinski definition) is 5. The minimum absolute atomic E-state index is 0.0167. The lowest BCUT2D eigenvalue weighted by molar-refractivity contribution is 0.0973. The van der Waals surface area contributed by atoms with E-state index in [0.29, 0.717) is 39.2 Å². The van der Waals surface area contributed by atoms with E-state index in [4.69, 9.17) is 38.8 Å². The monoisotopic (exact) mass is 461 g/mol. The fourth-order valence-electron chi connectivity index (χ4n) is 4.96. The van der Waals surface area contributed by atoms with Crippen molar-refractivity contribution in [3.05, 3.63) is 50.9 Å². The average molecular weight is 462 g/mol. The molecule has 2 aliphatic rings. The molecule has 2 aromatic heterocycles. The lowest BCUT2D eigenvalue weighted by Gasteiger charge is -2.41. The van der Waals surface area contributed by atoms with Crippen LogP contribution in [0.2, 0.25) is 10.0 Å². The predicted molar refractivity (Wildman–Crippen MR) is 123 cm³/mol. The third-order valence-electron chi connectivity index (χ3n) is 7.00. The maximum atomic E-state index is 13.3. The van der Waals surface area contributed by atoms with Crippen molar-refractivity contribution in [1.29, 1.82) is 0 Å². The van der Waals surface area contributed by atoms with Gasteiger partial charge in [0, 0.05) is 48.9 Å². The van der Waals surface area contributed by atoms with Crippen LogP contribution in [0, 0.1) is 5.41 Å². The number of halogens is 2. The maximum Gasteiger partial charge on any atom is 0.279 e. The minimum Gasteiger partial charge on any atom is -0.376 e. The highest BCUT2D eigenvalue weighted by atomic mass is 35.5. The number of benzene rings is 1. The van der Waals surface area contributed by atoms with Crippen LogP contribution in [0.5, 0.6) is 0 Å². The van der Waals surface area contributed by atoms with E-state index in [1.807, 2.05) is 25.1 Å². The molecular formula is C22H25Cl2N5O2. The lowest BCUT2D eigenvalue weighted by Crippen LogP contribution is -2.51. The van der Waals surface area contributed by atoms with Gasteiger partial charge in [0.25, 0.3) is 5.56 Å². The maximum absolute atomic E-state index is 13.3. The van der Waals surface area contributed by atoms with E-state index in [9.17, 15) is 4.79 Å². The Balaban J connectivity index is 1.51. The van der Waals surface area contributed by atoms with Crippen LogP contribution in [-0.2, 0) is 11.8 Å². The highest BCUT2D eigenvalue weighted by Gasteiger charge is 2.47. The summed E-state index contributed by atoms with van der Waals surface area (Å²) < 4.78 is 9.08. The van der Waals surface area contributed by atoms with Crippen molar-refractivity contribution in [3.8, 4) is 11.1 Å². The van der Waals surface area contributed by atoms with Gasteiger partial charge in [0.2, 0.25) is 5.95 Å². The van der Waals surface area contributed by atoms with Gasteiger partial charge in [-0.3, -0.25) is 9.36 Å². The summed E-state index contributed by atoms with van der Waals surface area (Å²) in [5, 5.41) is 5.65. The second kappa shape index (κ2) is 7.52. The van der Waals surface area contributed by atoms with E-state index < -0.39 is 0 Å². The lowest BCUT2D eigenvalue weighted by atomic mass is 9.73. The summed E-state index contributed by atoms with van der Waals surface area (Å²) in [4.78, 5) is 15.5. The molecule has 0 aliphatic carbocycles. The quantitative estimate of drug-likeness (QED) is 0.632. The average Bonchev–Trinajstić information content (AvgIpc) is 3.31. The molecule has 31 heavy (non-hydrogen) atoms. The number of nitrogens with two attached hydrogens (primary N) is 1. The molecular weight excluding hydrogens is 437 g/mol. The molecule has 1 aromatic carbocycles. The van der Waals surface area contributed by atoms with E-state index in [2.05, 4.69) is 4.90 Å². The summed E-state index contributed by atoms with van der Waals surface area (Å²) in [7, 11) is 1.76. The van der Waals surface area contributed by atoms with Crippen LogP contribution in [0.15, 0.2) is 35.3 Å². The Labute approximate surface area is 190 Å². The molecule has 7 nitrogen and oxygen atoms in total. The Morgan fingerprint density at radius 1 is 1.19 bits per heavy atom. The van der Waals surface area contributed by atoms with Crippen molar-refractivity contribution in [2.75, 3.05) is 24.6 Å². The molecule has 0 radical (unpaired) electrons. The molecule has 5 rings (SSSR count). The van der Waals surface area contributed by atoms with Crippen molar-refractivity contribution in [3.63, 3.8) is 0 Å². The molecule has 0 unspecified atom stereocenters. The summed E-state index contributed by atoms with van der Waals surface area (Å²) in [5.74, 6) is 0.646. The standard InChI is InChI=1S/C22H25Cl2N5O2/c1-13-19(25)22(12-31-13)7-10-28(11-8-22)21-26-29-9-6-15(18(29)20(30)27(21)2)14-4-3-5-16(23)17(14)24/h3-6,9,13,19H,7-8,10-12,25H2,1-2H3/t13-,19+/m1/s1. The number of anilines is 1. The van der Waals surface area contributed by atoms with Crippen LogP contribution >= 0.6 is 23.2 Å². The zero-order chi connectivity index (χ0) is 21.9. The molecule has 9 heteroatoms. The van der Waals surface area contributed by atoms with Crippen LogP contribution in [0.1, 0.15) is 19.8 Å². The Hall–Kier alpha value is -2.06. The number of piperidine rings is 1. The normalized spacial score (nSPS) is 23.2. The summed E-state index contributed by atoms with van der Waals surface area (Å²) in [5.41, 5.74) is 8.24. The van der Waals surface area contributed by atoms with Crippen LogP contribution in [0.4, 0.5) is 5.95 Å². The smallest absolute Gasteiger partial charge is 0.279 e. The van der Waals surface area contributed by atoms with E-state index >= 15 is 0 Å². The van der Waals surface area contributed by atoms with Crippen molar-refractivity contribution < 1.29 is 4.74 Å². The fraction of sp³-hybridized carbons (Fsp3) is 0.455. The molecule has 0 amide bonds. The Kier molecular flexibility index (Phi) is 5.05. The van der Waals surface area contributed by atoms with Crippen LogP contribution in [0.3, 0.4) is 0 Å². The van der Waals surface area contributed by atoms with Crippen LogP contribution in [0.25, 0.3) is 16.6 Å². The van der Waals surface area contributed by atoms with Gasteiger partial charge >= 0.3 is 0 Å². The first-order valence-electron chi connectivity index (χ1n) is 10.5. The van der Waals surface area contributed by atoms with E-state index in [1.54, 1.807) is 28.4 Å². The molecule has 1 spiro atoms. The summed E-state index contributed by atoms with van der Waals surface area (Å²) in [6.07, 6.45) is 3.71.